The Kier molecular flexibility index (Phi) is 3.79. The van der Waals surface area contributed by atoms with Gasteiger partial charge < -0.3 is 10.1 Å². The van der Waals surface area contributed by atoms with E-state index in [1.807, 2.05) is 0 Å². The molecule has 3 nitrogen and oxygen atoms in total. The first-order valence-electron chi connectivity index (χ1n) is 4.21. The minimum absolute atomic E-state index is 0.260. The Bertz CT molecular complexity index is 339. The van der Waals surface area contributed by atoms with Crippen LogP contribution in [0.3, 0.4) is 0 Å². The minimum atomic E-state index is -0.451. The molecule has 0 spiro atoms. The van der Waals surface area contributed by atoms with Crippen molar-refractivity contribution in [2.45, 2.75) is 6.42 Å². The lowest BCUT2D eigenvalue weighted by Crippen LogP contribution is -2.24. The second kappa shape index (κ2) is 5.11. The SMILES string of the molecule is O=CCCNC(=O)c1cccc(F)c1. The number of nitrogens with one attached hydrogen (secondary N) is 1. The van der Waals surface area contributed by atoms with Gasteiger partial charge in [-0.3, -0.25) is 4.79 Å². The summed E-state index contributed by atoms with van der Waals surface area (Å²) in [7, 11) is 0. The Balaban J connectivity index is 2.56. The third-order valence-electron chi connectivity index (χ3n) is 1.63. The Morgan fingerprint density at radius 3 is 2.93 bits per heavy atom. The van der Waals surface area contributed by atoms with Gasteiger partial charge in [-0.05, 0) is 18.2 Å². The summed E-state index contributed by atoms with van der Waals surface area (Å²) in [6.07, 6.45) is 0.979. The molecule has 0 aromatic heterocycles. The molecule has 0 atom stereocenters. The molecule has 1 N–H and O–H groups in total. The number of benzene rings is 1. The van der Waals surface area contributed by atoms with Crippen LogP contribution in [0.5, 0.6) is 0 Å². The molecule has 14 heavy (non-hydrogen) atoms. The second-order valence-corrected chi connectivity index (χ2v) is 2.72. The summed E-state index contributed by atoms with van der Waals surface area (Å²) in [6, 6.07) is 5.39. The minimum Gasteiger partial charge on any atom is -0.352 e. The first kappa shape index (κ1) is 10.4. The molecule has 0 aliphatic rings. The van der Waals surface area contributed by atoms with Crippen molar-refractivity contribution in [3.05, 3.63) is 35.6 Å². The molecule has 0 aliphatic heterocycles. The molecule has 1 aromatic carbocycles. The van der Waals surface area contributed by atoms with Crippen LogP contribution in [0.15, 0.2) is 24.3 Å². The monoisotopic (exact) mass is 195 g/mol. The van der Waals surface area contributed by atoms with Gasteiger partial charge >= 0.3 is 0 Å². The molecular weight excluding hydrogens is 185 g/mol. The standard InChI is InChI=1S/C10H10FNO2/c11-9-4-1-3-8(7-9)10(14)12-5-2-6-13/h1,3-4,6-7H,2,5H2,(H,12,14). The quantitative estimate of drug-likeness (QED) is 0.578. The average Bonchev–Trinajstić information content (AvgIpc) is 2.18. The van der Waals surface area contributed by atoms with E-state index in [1.165, 1.54) is 18.2 Å². The van der Waals surface area contributed by atoms with E-state index in [0.717, 1.165) is 6.07 Å². The van der Waals surface area contributed by atoms with Crippen LogP contribution in [0.4, 0.5) is 4.39 Å². The molecule has 0 saturated heterocycles. The van der Waals surface area contributed by atoms with Crippen molar-refractivity contribution in [3.8, 4) is 0 Å². The first-order chi connectivity index (χ1) is 6.74. The number of carbonyl (C=O) groups is 2. The van der Waals surface area contributed by atoms with Crippen molar-refractivity contribution in [2.24, 2.45) is 0 Å². The smallest absolute Gasteiger partial charge is 0.251 e. The highest BCUT2D eigenvalue weighted by molar-refractivity contribution is 5.94. The predicted molar refractivity (Wildman–Crippen MR) is 49.4 cm³/mol. The van der Waals surface area contributed by atoms with E-state index in [-0.39, 0.29) is 24.4 Å². The van der Waals surface area contributed by atoms with Crippen molar-refractivity contribution in [2.75, 3.05) is 6.54 Å². The number of carbonyl (C=O) groups excluding carboxylic acids is 2. The van der Waals surface area contributed by atoms with Crippen LogP contribution in [0, 0.1) is 5.82 Å². The number of aldehydes is 1. The fourth-order valence-corrected chi connectivity index (χ4v) is 0.976. The maximum Gasteiger partial charge on any atom is 0.251 e. The number of hydrogen-bond acceptors (Lipinski definition) is 2. The summed E-state index contributed by atoms with van der Waals surface area (Å²) in [5.41, 5.74) is 0.260. The first-order valence-corrected chi connectivity index (χ1v) is 4.21. The largest absolute Gasteiger partial charge is 0.352 e. The van der Waals surface area contributed by atoms with Gasteiger partial charge in [0.1, 0.15) is 12.1 Å². The van der Waals surface area contributed by atoms with Crippen LogP contribution in [-0.2, 0) is 4.79 Å². The molecule has 0 heterocycles. The molecule has 1 amide bonds. The summed E-state index contributed by atoms with van der Waals surface area (Å²) in [5, 5.41) is 2.49. The van der Waals surface area contributed by atoms with Crippen LogP contribution in [0.25, 0.3) is 0 Å². The molecule has 0 bridgehead atoms. The fraction of sp³-hybridized carbons (Fsp3) is 0.200. The zero-order valence-electron chi connectivity index (χ0n) is 7.50. The number of amides is 1. The Morgan fingerprint density at radius 2 is 2.29 bits per heavy atom. The Hall–Kier alpha value is -1.71. The van der Waals surface area contributed by atoms with Crippen molar-refractivity contribution in [1.29, 1.82) is 0 Å². The van der Waals surface area contributed by atoms with E-state index in [1.54, 1.807) is 0 Å². The maximum atomic E-state index is 12.7. The van der Waals surface area contributed by atoms with E-state index >= 15 is 0 Å². The van der Waals surface area contributed by atoms with E-state index in [2.05, 4.69) is 5.32 Å². The van der Waals surface area contributed by atoms with Gasteiger partial charge in [0, 0.05) is 18.5 Å². The molecule has 0 radical (unpaired) electrons. The van der Waals surface area contributed by atoms with Crippen LogP contribution in [0.1, 0.15) is 16.8 Å². The van der Waals surface area contributed by atoms with Gasteiger partial charge in [-0.1, -0.05) is 6.07 Å². The molecular formula is C10H10FNO2. The molecule has 0 aliphatic carbocycles. The number of hydrogen-bond donors (Lipinski definition) is 1. The molecule has 0 fully saturated rings. The highest BCUT2D eigenvalue weighted by Crippen LogP contribution is 2.02. The highest BCUT2D eigenvalue weighted by atomic mass is 19.1. The van der Waals surface area contributed by atoms with Crippen molar-refractivity contribution < 1.29 is 14.0 Å². The summed E-state index contributed by atoms with van der Waals surface area (Å²) < 4.78 is 12.7. The van der Waals surface area contributed by atoms with Crippen LogP contribution < -0.4 is 5.32 Å². The van der Waals surface area contributed by atoms with Gasteiger partial charge in [0.15, 0.2) is 0 Å². The fourth-order valence-electron chi connectivity index (χ4n) is 0.976. The summed E-state index contributed by atoms with van der Waals surface area (Å²) in [6.45, 7) is 0.277. The third kappa shape index (κ3) is 2.97. The average molecular weight is 195 g/mol. The molecule has 4 heteroatoms. The van der Waals surface area contributed by atoms with E-state index < -0.39 is 5.82 Å². The predicted octanol–water partition coefficient (Wildman–Crippen LogP) is 1.14. The molecule has 0 unspecified atom stereocenters. The van der Waals surface area contributed by atoms with Crippen LogP contribution >= 0.6 is 0 Å². The molecule has 0 saturated carbocycles. The maximum absolute atomic E-state index is 12.7. The third-order valence-corrected chi connectivity index (χ3v) is 1.63. The lowest BCUT2D eigenvalue weighted by atomic mass is 10.2. The lowest BCUT2D eigenvalue weighted by molar-refractivity contribution is -0.107. The van der Waals surface area contributed by atoms with E-state index in [0.29, 0.717) is 6.29 Å². The van der Waals surface area contributed by atoms with Gasteiger partial charge in [-0.2, -0.15) is 0 Å². The molecule has 1 aromatic rings. The molecule has 74 valence electrons. The lowest BCUT2D eigenvalue weighted by Gasteiger charge is -2.02. The van der Waals surface area contributed by atoms with Gasteiger partial charge in [0.25, 0.3) is 5.91 Å². The van der Waals surface area contributed by atoms with E-state index in [4.69, 9.17) is 0 Å². The number of rotatable bonds is 4. The summed E-state index contributed by atoms with van der Waals surface area (Å²) in [5.74, 6) is -0.820. The highest BCUT2D eigenvalue weighted by Gasteiger charge is 2.04. The van der Waals surface area contributed by atoms with Gasteiger partial charge in [-0.25, -0.2) is 4.39 Å². The van der Waals surface area contributed by atoms with Gasteiger partial charge in [-0.15, -0.1) is 0 Å². The van der Waals surface area contributed by atoms with Crippen molar-refractivity contribution in [3.63, 3.8) is 0 Å². The molecule has 1 rings (SSSR count). The van der Waals surface area contributed by atoms with Crippen LogP contribution in [-0.4, -0.2) is 18.7 Å². The van der Waals surface area contributed by atoms with Gasteiger partial charge in [0.2, 0.25) is 0 Å². The zero-order chi connectivity index (χ0) is 10.4. The Morgan fingerprint density at radius 1 is 1.50 bits per heavy atom. The van der Waals surface area contributed by atoms with Crippen molar-refractivity contribution >= 4 is 12.2 Å². The van der Waals surface area contributed by atoms with Crippen molar-refractivity contribution in [1.82, 2.24) is 5.32 Å². The topological polar surface area (TPSA) is 46.2 Å². The summed E-state index contributed by atoms with van der Waals surface area (Å²) in [4.78, 5) is 21.2. The summed E-state index contributed by atoms with van der Waals surface area (Å²) >= 11 is 0. The van der Waals surface area contributed by atoms with Crippen LogP contribution in [0.2, 0.25) is 0 Å². The normalized spacial score (nSPS) is 9.50. The van der Waals surface area contributed by atoms with Gasteiger partial charge in [0.05, 0.1) is 0 Å². The van der Waals surface area contributed by atoms with E-state index in [9.17, 15) is 14.0 Å². The zero-order valence-corrected chi connectivity index (χ0v) is 7.50. The Labute approximate surface area is 80.9 Å². The number of halogens is 1. The second-order valence-electron chi connectivity index (χ2n) is 2.72.